The van der Waals surface area contributed by atoms with Crippen molar-refractivity contribution in [3.63, 3.8) is 0 Å². The first-order valence-corrected chi connectivity index (χ1v) is 6.89. The minimum atomic E-state index is 0.00778. The maximum absolute atomic E-state index is 12.3. The van der Waals surface area contributed by atoms with Crippen LogP contribution in [0.2, 0.25) is 0 Å². The molecule has 4 nitrogen and oxygen atoms in total. The number of aromatic nitrogens is 1. The summed E-state index contributed by atoms with van der Waals surface area (Å²) in [7, 11) is 2.03. The third kappa shape index (κ3) is 1.98. The zero-order chi connectivity index (χ0) is 13.7. The van der Waals surface area contributed by atoms with Crippen molar-refractivity contribution in [1.82, 2.24) is 14.8 Å². The van der Waals surface area contributed by atoms with Crippen molar-refractivity contribution in [1.29, 1.82) is 0 Å². The summed E-state index contributed by atoms with van der Waals surface area (Å²) in [6.45, 7) is 4.11. The van der Waals surface area contributed by atoms with Crippen LogP contribution in [0.25, 0.3) is 6.08 Å². The van der Waals surface area contributed by atoms with Crippen LogP contribution in [0, 0.1) is 13.8 Å². The summed E-state index contributed by atoms with van der Waals surface area (Å²) in [6, 6.07) is 2.40. The summed E-state index contributed by atoms with van der Waals surface area (Å²) in [4.78, 5) is 14.0. The van der Waals surface area contributed by atoms with Crippen molar-refractivity contribution in [2.24, 2.45) is 7.05 Å². The van der Waals surface area contributed by atoms with E-state index in [2.05, 4.69) is 29.8 Å². The normalized spacial score (nSPS) is 21.4. The smallest absolute Gasteiger partial charge is 0.276 e. The van der Waals surface area contributed by atoms with E-state index >= 15 is 0 Å². The van der Waals surface area contributed by atoms with Gasteiger partial charge in [-0.2, -0.15) is 0 Å². The van der Waals surface area contributed by atoms with E-state index in [0.29, 0.717) is 16.9 Å². The number of amides is 1. The lowest BCUT2D eigenvalue weighted by molar-refractivity contribution is -0.122. The summed E-state index contributed by atoms with van der Waals surface area (Å²) >= 11 is 5.24. The molecule has 1 saturated heterocycles. The molecule has 1 aromatic heterocycles. The molecular weight excluding hydrogens is 258 g/mol. The fourth-order valence-electron chi connectivity index (χ4n) is 2.40. The quantitative estimate of drug-likeness (QED) is 0.661. The van der Waals surface area contributed by atoms with Crippen LogP contribution >= 0.6 is 12.2 Å². The highest BCUT2D eigenvalue weighted by atomic mass is 32.1. The van der Waals surface area contributed by atoms with E-state index in [0.717, 1.165) is 24.1 Å². The Morgan fingerprint density at radius 3 is 2.63 bits per heavy atom. The van der Waals surface area contributed by atoms with E-state index < -0.39 is 0 Å². The molecule has 2 aliphatic rings. The number of carbonyl (C=O) groups is 1. The zero-order valence-corrected chi connectivity index (χ0v) is 12.2. The second-order valence-corrected chi connectivity index (χ2v) is 5.67. The van der Waals surface area contributed by atoms with Gasteiger partial charge >= 0.3 is 0 Å². The molecule has 0 atom stereocenters. The van der Waals surface area contributed by atoms with Gasteiger partial charge in [-0.15, -0.1) is 0 Å². The van der Waals surface area contributed by atoms with Crippen LogP contribution in [0.5, 0.6) is 0 Å². The van der Waals surface area contributed by atoms with E-state index in [9.17, 15) is 4.79 Å². The SMILES string of the molecule is Cc1cc(/C=C2/NC(=S)N(C3CC3)C2=O)c(C)n1C. The molecule has 1 amide bonds. The van der Waals surface area contributed by atoms with Crippen LogP contribution in [0.15, 0.2) is 11.8 Å². The molecule has 5 heteroatoms. The molecule has 2 heterocycles. The van der Waals surface area contributed by atoms with E-state index in [-0.39, 0.29) is 5.91 Å². The maximum Gasteiger partial charge on any atom is 0.276 e. The fourth-order valence-corrected chi connectivity index (χ4v) is 2.74. The highest BCUT2D eigenvalue weighted by Gasteiger charge is 2.41. The Hall–Kier alpha value is -1.62. The van der Waals surface area contributed by atoms with Gasteiger partial charge in [0.05, 0.1) is 0 Å². The molecule has 0 radical (unpaired) electrons. The van der Waals surface area contributed by atoms with Crippen LogP contribution < -0.4 is 5.32 Å². The van der Waals surface area contributed by atoms with Crippen LogP contribution in [0.4, 0.5) is 0 Å². The van der Waals surface area contributed by atoms with Crippen LogP contribution in [0.3, 0.4) is 0 Å². The number of carbonyl (C=O) groups excluding carboxylic acids is 1. The van der Waals surface area contributed by atoms with Gasteiger partial charge in [0.15, 0.2) is 5.11 Å². The number of nitrogens with one attached hydrogen (secondary N) is 1. The minimum Gasteiger partial charge on any atom is -0.352 e. The Balaban J connectivity index is 1.94. The van der Waals surface area contributed by atoms with Gasteiger partial charge < -0.3 is 9.88 Å². The summed E-state index contributed by atoms with van der Waals surface area (Å²) in [5.74, 6) is 0.00778. The molecule has 1 N–H and O–H groups in total. The number of hydrogen-bond donors (Lipinski definition) is 1. The van der Waals surface area contributed by atoms with Gasteiger partial charge in [0, 0.05) is 24.5 Å². The fraction of sp³-hybridized carbons (Fsp3) is 0.429. The molecule has 19 heavy (non-hydrogen) atoms. The number of thiocarbonyl (C=S) groups is 1. The Labute approximate surface area is 118 Å². The Kier molecular flexibility index (Phi) is 2.74. The number of rotatable bonds is 2. The van der Waals surface area contributed by atoms with Gasteiger partial charge in [-0.25, -0.2) is 0 Å². The minimum absolute atomic E-state index is 0.00778. The molecule has 1 aliphatic heterocycles. The third-order valence-corrected chi connectivity index (χ3v) is 4.23. The molecule has 3 rings (SSSR count). The second-order valence-electron chi connectivity index (χ2n) is 5.28. The first kappa shape index (κ1) is 12.4. The molecule has 2 fully saturated rings. The first-order chi connectivity index (χ1) is 8.99. The predicted octanol–water partition coefficient (Wildman–Crippen LogP) is 1.86. The van der Waals surface area contributed by atoms with E-state index in [1.54, 1.807) is 4.90 Å². The Bertz CT molecular complexity index is 610. The summed E-state index contributed by atoms with van der Waals surface area (Å²) in [5.41, 5.74) is 3.98. The van der Waals surface area contributed by atoms with Gasteiger partial charge in [0.1, 0.15) is 5.70 Å². The summed E-state index contributed by atoms with van der Waals surface area (Å²) in [6.07, 6.45) is 4.02. The molecule has 100 valence electrons. The predicted molar refractivity (Wildman–Crippen MR) is 78.5 cm³/mol. The molecule has 1 aliphatic carbocycles. The molecule has 0 bridgehead atoms. The monoisotopic (exact) mass is 275 g/mol. The molecular formula is C14H17N3OS. The van der Waals surface area contributed by atoms with Gasteiger partial charge in [-0.1, -0.05) is 0 Å². The highest BCUT2D eigenvalue weighted by Crippen LogP contribution is 2.31. The highest BCUT2D eigenvalue weighted by molar-refractivity contribution is 7.80. The topological polar surface area (TPSA) is 37.3 Å². The first-order valence-electron chi connectivity index (χ1n) is 6.48. The van der Waals surface area contributed by atoms with Gasteiger partial charge in [-0.05, 0) is 56.6 Å². The standard InChI is InChI=1S/C14H17N3OS/c1-8-6-10(9(2)16(8)3)7-12-13(18)17(11-4-5-11)14(19)15-12/h6-7,11H,4-5H2,1-3H3,(H,15,19)/b12-7+. The Morgan fingerprint density at radius 1 is 1.42 bits per heavy atom. The van der Waals surface area contributed by atoms with Crippen LogP contribution in [-0.4, -0.2) is 26.5 Å². The summed E-state index contributed by atoms with van der Waals surface area (Å²) < 4.78 is 2.11. The molecule has 0 unspecified atom stereocenters. The van der Waals surface area contributed by atoms with Crippen LogP contribution in [-0.2, 0) is 11.8 Å². The number of nitrogens with zero attached hydrogens (tertiary/aromatic N) is 2. The molecule has 0 aromatic carbocycles. The van der Waals surface area contributed by atoms with E-state index in [1.807, 2.05) is 13.1 Å². The van der Waals surface area contributed by atoms with Crippen molar-refractivity contribution in [2.45, 2.75) is 32.7 Å². The van der Waals surface area contributed by atoms with Crippen LogP contribution in [0.1, 0.15) is 29.8 Å². The van der Waals surface area contributed by atoms with E-state index in [1.165, 1.54) is 5.69 Å². The summed E-state index contributed by atoms with van der Waals surface area (Å²) in [5, 5.41) is 3.58. The van der Waals surface area contributed by atoms with Gasteiger partial charge in [-0.3, -0.25) is 9.69 Å². The maximum atomic E-state index is 12.3. The Morgan fingerprint density at radius 2 is 2.11 bits per heavy atom. The lowest BCUT2D eigenvalue weighted by Gasteiger charge is -2.11. The van der Waals surface area contributed by atoms with Crippen molar-refractivity contribution < 1.29 is 4.79 Å². The van der Waals surface area contributed by atoms with Crippen molar-refractivity contribution in [3.8, 4) is 0 Å². The lowest BCUT2D eigenvalue weighted by Crippen LogP contribution is -2.32. The average Bonchev–Trinajstić information content (AvgIpc) is 3.11. The zero-order valence-electron chi connectivity index (χ0n) is 11.4. The van der Waals surface area contributed by atoms with Gasteiger partial charge in [0.2, 0.25) is 0 Å². The number of aryl methyl sites for hydroxylation is 1. The number of hydrogen-bond acceptors (Lipinski definition) is 2. The van der Waals surface area contributed by atoms with Gasteiger partial charge in [0.25, 0.3) is 5.91 Å². The largest absolute Gasteiger partial charge is 0.352 e. The van der Waals surface area contributed by atoms with E-state index in [4.69, 9.17) is 12.2 Å². The second kappa shape index (κ2) is 4.20. The lowest BCUT2D eigenvalue weighted by atomic mass is 10.2. The molecule has 1 saturated carbocycles. The average molecular weight is 275 g/mol. The third-order valence-electron chi connectivity index (χ3n) is 3.94. The van der Waals surface area contributed by atoms with Crippen molar-refractivity contribution in [2.75, 3.05) is 0 Å². The molecule has 0 spiro atoms. The van der Waals surface area contributed by atoms with Crippen molar-refractivity contribution in [3.05, 3.63) is 28.7 Å². The van der Waals surface area contributed by atoms with Crippen molar-refractivity contribution >= 4 is 29.3 Å². The molecule has 1 aromatic rings.